The van der Waals surface area contributed by atoms with Crippen LogP contribution in [0.15, 0.2) is 53.7 Å². The molecule has 0 saturated carbocycles. The Hall–Kier alpha value is -2.84. The Morgan fingerprint density at radius 3 is 2.47 bits per heavy atom. The summed E-state index contributed by atoms with van der Waals surface area (Å²) in [5.74, 6) is 0.677. The fourth-order valence-electron chi connectivity index (χ4n) is 3.24. The monoisotopic (exact) mass is 471 g/mol. The van der Waals surface area contributed by atoms with Crippen molar-refractivity contribution in [3.8, 4) is 0 Å². The molecule has 0 aliphatic carbocycles. The summed E-state index contributed by atoms with van der Waals surface area (Å²) in [6, 6.07) is 14.3. The topological polar surface area (TPSA) is 88.9 Å². The molecule has 0 aliphatic heterocycles. The van der Waals surface area contributed by atoms with Crippen LogP contribution in [0.5, 0.6) is 0 Å². The highest BCUT2D eigenvalue weighted by atomic mass is 35.5. The lowest BCUT2D eigenvalue weighted by Crippen LogP contribution is -2.28. The van der Waals surface area contributed by atoms with Crippen LogP contribution in [-0.2, 0) is 11.8 Å². The van der Waals surface area contributed by atoms with Crippen molar-refractivity contribution in [2.24, 2.45) is 7.05 Å². The highest BCUT2D eigenvalue weighted by molar-refractivity contribution is 7.99. The van der Waals surface area contributed by atoms with Crippen LogP contribution in [0.4, 0.5) is 5.69 Å². The molecule has 32 heavy (non-hydrogen) atoms. The van der Waals surface area contributed by atoms with Crippen LogP contribution in [0.3, 0.4) is 0 Å². The Morgan fingerprint density at radius 2 is 1.75 bits per heavy atom. The fraction of sp³-hybridized carbons (Fsp3) is 0.304. The molecular weight excluding hydrogens is 446 g/mol. The molecule has 2 N–H and O–H groups in total. The lowest BCUT2D eigenvalue weighted by molar-refractivity contribution is -0.113. The lowest BCUT2D eigenvalue weighted by atomic mass is 10.0. The second kappa shape index (κ2) is 10.7. The van der Waals surface area contributed by atoms with Crippen molar-refractivity contribution < 1.29 is 9.59 Å². The van der Waals surface area contributed by atoms with Gasteiger partial charge in [0.2, 0.25) is 5.91 Å². The van der Waals surface area contributed by atoms with E-state index < -0.39 is 6.04 Å². The molecule has 2 amide bonds. The highest BCUT2D eigenvalue weighted by Gasteiger charge is 2.20. The van der Waals surface area contributed by atoms with E-state index in [9.17, 15) is 9.59 Å². The maximum absolute atomic E-state index is 12.5. The lowest BCUT2D eigenvalue weighted by Gasteiger charge is -2.14. The number of hydrogen-bond donors (Lipinski definition) is 2. The average molecular weight is 472 g/mol. The normalized spacial score (nSPS) is 11.9. The van der Waals surface area contributed by atoms with Gasteiger partial charge < -0.3 is 15.2 Å². The van der Waals surface area contributed by atoms with Crippen LogP contribution in [0.25, 0.3) is 0 Å². The number of aromatic nitrogens is 3. The molecule has 9 heteroatoms. The Morgan fingerprint density at radius 1 is 1.06 bits per heavy atom. The maximum Gasteiger partial charge on any atom is 0.253 e. The molecule has 1 aromatic heterocycles. The summed E-state index contributed by atoms with van der Waals surface area (Å²) in [5, 5.41) is 15.2. The summed E-state index contributed by atoms with van der Waals surface area (Å²) in [7, 11) is 1.81. The highest BCUT2D eigenvalue weighted by Crippen LogP contribution is 2.25. The molecule has 2 aromatic carbocycles. The first-order valence-corrected chi connectivity index (χ1v) is 11.6. The first kappa shape index (κ1) is 23.8. The number of hydrogen-bond acceptors (Lipinski definition) is 5. The van der Waals surface area contributed by atoms with Crippen LogP contribution in [-0.4, -0.2) is 32.3 Å². The molecule has 1 atom stereocenters. The summed E-state index contributed by atoms with van der Waals surface area (Å²) >= 11 is 7.39. The molecule has 3 aromatic rings. The van der Waals surface area contributed by atoms with E-state index in [0.717, 1.165) is 11.3 Å². The smallest absolute Gasteiger partial charge is 0.253 e. The molecule has 168 valence electrons. The van der Waals surface area contributed by atoms with Gasteiger partial charge >= 0.3 is 0 Å². The van der Waals surface area contributed by atoms with E-state index in [4.69, 9.17) is 11.6 Å². The summed E-state index contributed by atoms with van der Waals surface area (Å²) in [4.78, 5) is 25.0. The second-order valence-corrected chi connectivity index (χ2v) is 9.00. The van der Waals surface area contributed by atoms with Gasteiger partial charge in [0.25, 0.3) is 5.91 Å². The van der Waals surface area contributed by atoms with Crippen molar-refractivity contribution in [2.45, 2.75) is 37.9 Å². The van der Waals surface area contributed by atoms with E-state index >= 15 is 0 Å². The van der Waals surface area contributed by atoms with E-state index in [1.54, 1.807) is 28.8 Å². The first-order chi connectivity index (χ1) is 15.3. The Bertz CT molecular complexity index is 1120. The first-order valence-electron chi connectivity index (χ1n) is 10.2. The van der Waals surface area contributed by atoms with Crippen LogP contribution in [0.2, 0.25) is 5.02 Å². The van der Waals surface area contributed by atoms with Crippen molar-refractivity contribution in [1.29, 1.82) is 0 Å². The number of carbonyl (C=O) groups excluding carboxylic acids is 2. The van der Waals surface area contributed by atoms with Gasteiger partial charge in [-0.2, -0.15) is 0 Å². The maximum atomic E-state index is 12.5. The van der Waals surface area contributed by atoms with Gasteiger partial charge in [-0.3, -0.25) is 9.59 Å². The predicted octanol–water partition coefficient (Wildman–Crippen LogP) is 4.81. The van der Waals surface area contributed by atoms with Crippen molar-refractivity contribution in [1.82, 2.24) is 20.1 Å². The molecular formula is C23H26ClN5O2S. The van der Waals surface area contributed by atoms with Crippen LogP contribution >= 0.6 is 23.4 Å². The second-order valence-electron chi connectivity index (χ2n) is 7.65. The van der Waals surface area contributed by atoms with Gasteiger partial charge in [0.05, 0.1) is 22.4 Å². The van der Waals surface area contributed by atoms with Gasteiger partial charge in [-0.05, 0) is 36.6 Å². The quantitative estimate of drug-likeness (QED) is 0.460. The standard InChI is InChI=1S/C23H26ClN5O2S/c1-14(2)16-9-6-8-12-19(16)26-20(30)13-32-23-28-27-21(29(23)4)15(3)25-22(31)17-10-5-7-11-18(17)24/h5-12,14-15H,13H2,1-4H3,(H,25,31)(H,26,30). The minimum atomic E-state index is -0.391. The van der Waals surface area contributed by atoms with Crippen LogP contribution in [0, 0.1) is 0 Å². The Labute approximate surface area is 197 Å². The van der Waals surface area contributed by atoms with Crippen molar-refractivity contribution in [2.75, 3.05) is 11.1 Å². The number of carbonyl (C=O) groups is 2. The molecule has 0 radical (unpaired) electrons. The minimum absolute atomic E-state index is 0.118. The van der Waals surface area contributed by atoms with Crippen LogP contribution < -0.4 is 10.6 Å². The summed E-state index contributed by atoms with van der Waals surface area (Å²) < 4.78 is 1.78. The number of nitrogens with one attached hydrogen (secondary N) is 2. The van der Waals surface area contributed by atoms with Gasteiger partial charge in [-0.15, -0.1) is 10.2 Å². The van der Waals surface area contributed by atoms with Gasteiger partial charge in [-0.25, -0.2) is 0 Å². The minimum Gasteiger partial charge on any atom is -0.342 e. The average Bonchev–Trinajstić information content (AvgIpc) is 3.13. The number of nitrogens with zero attached hydrogens (tertiary/aromatic N) is 3. The number of thioether (sulfide) groups is 1. The number of anilines is 1. The third-order valence-electron chi connectivity index (χ3n) is 4.91. The molecule has 0 aliphatic rings. The summed E-state index contributed by atoms with van der Waals surface area (Å²) in [6.45, 7) is 6.00. The van der Waals surface area contributed by atoms with Gasteiger partial charge in [0, 0.05) is 12.7 Å². The van der Waals surface area contributed by atoms with Gasteiger partial charge in [0.15, 0.2) is 11.0 Å². The molecule has 1 heterocycles. The molecule has 0 saturated heterocycles. The predicted molar refractivity (Wildman–Crippen MR) is 128 cm³/mol. The molecule has 3 rings (SSSR count). The summed E-state index contributed by atoms with van der Waals surface area (Å²) in [5.41, 5.74) is 2.31. The van der Waals surface area contributed by atoms with Crippen molar-refractivity contribution >= 4 is 40.9 Å². The zero-order valence-corrected chi connectivity index (χ0v) is 20.0. The van der Waals surface area contributed by atoms with E-state index in [1.165, 1.54) is 11.8 Å². The molecule has 1 unspecified atom stereocenters. The van der Waals surface area contributed by atoms with Crippen LogP contribution in [0.1, 0.15) is 54.5 Å². The molecule has 0 fully saturated rings. The Balaban J connectivity index is 1.60. The zero-order chi connectivity index (χ0) is 23.3. The van der Waals surface area contributed by atoms with E-state index in [0.29, 0.717) is 27.5 Å². The molecule has 0 spiro atoms. The summed E-state index contributed by atoms with van der Waals surface area (Å²) in [6.07, 6.45) is 0. The third kappa shape index (κ3) is 5.69. The van der Waals surface area contributed by atoms with Gasteiger partial charge in [-0.1, -0.05) is 67.5 Å². The third-order valence-corrected chi connectivity index (χ3v) is 6.26. The van der Waals surface area contributed by atoms with Gasteiger partial charge in [0.1, 0.15) is 0 Å². The number of halogens is 1. The fourth-order valence-corrected chi connectivity index (χ4v) is 4.18. The number of amides is 2. The largest absolute Gasteiger partial charge is 0.342 e. The number of rotatable bonds is 8. The SMILES string of the molecule is CC(C)c1ccccc1NC(=O)CSc1nnc(C(C)NC(=O)c2ccccc2Cl)n1C. The Kier molecular flexibility index (Phi) is 7.93. The van der Waals surface area contributed by atoms with E-state index in [-0.39, 0.29) is 17.6 Å². The van der Waals surface area contributed by atoms with Crippen molar-refractivity contribution in [3.63, 3.8) is 0 Å². The molecule has 0 bridgehead atoms. The number of benzene rings is 2. The number of para-hydroxylation sites is 1. The zero-order valence-electron chi connectivity index (χ0n) is 18.4. The van der Waals surface area contributed by atoms with E-state index in [1.807, 2.05) is 38.2 Å². The molecule has 7 nitrogen and oxygen atoms in total. The van der Waals surface area contributed by atoms with Crippen molar-refractivity contribution in [3.05, 3.63) is 70.5 Å². The van der Waals surface area contributed by atoms with E-state index in [2.05, 4.69) is 34.7 Å².